The Morgan fingerprint density at radius 2 is 1.84 bits per heavy atom. The molecule has 1 aliphatic heterocycles. The number of pyridine rings is 1. The molecule has 2 heterocycles. The van der Waals surface area contributed by atoms with Crippen molar-refractivity contribution in [3.63, 3.8) is 0 Å². The summed E-state index contributed by atoms with van der Waals surface area (Å²) in [6.07, 6.45) is 6.80. The van der Waals surface area contributed by atoms with Crippen LogP contribution in [0, 0.1) is 5.82 Å². The minimum absolute atomic E-state index is 0.0602. The van der Waals surface area contributed by atoms with Crippen molar-refractivity contribution >= 4 is 17.7 Å². The highest BCUT2D eigenvalue weighted by atomic mass is 19.1. The van der Waals surface area contributed by atoms with Gasteiger partial charge in [0.25, 0.3) is 5.56 Å². The van der Waals surface area contributed by atoms with Gasteiger partial charge in [-0.25, -0.2) is 9.18 Å². The standard InChI is InChI=1S/C28H27FN4O4/c1-18(15-26(34)35)20-10-8-19(9-11-20)17-33-14-4-5-22(27(33)36)24-13-12-21(16-30-24)31-28(37)32-25-7-3-2-6-23(25)29/h2-14,16,18,24,30H,15,17H2,1H3,(H,34,35)(H2,31,32,37)/t18-,24?/m1/s1. The van der Waals surface area contributed by atoms with Crippen molar-refractivity contribution in [3.05, 3.63) is 124 Å². The number of halogens is 1. The van der Waals surface area contributed by atoms with E-state index in [1.165, 1.54) is 18.2 Å². The molecule has 0 bridgehead atoms. The number of anilines is 1. The number of urea groups is 1. The molecule has 0 aliphatic carbocycles. The maximum Gasteiger partial charge on any atom is 0.323 e. The fourth-order valence-electron chi connectivity index (χ4n) is 4.05. The number of nitrogens with zero attached hydrogens (tertiary/aromatic N) is 1. The number of dihydropyridines is 1. The second-order valence-electron chi connectivity index (χ2n) is 8.80. The van der Waals surface area contributed by atoms with Gasteiger partial charge in [0, 0.05) is 18.0 Å². The average Bonchev–Trinajstić information content (AvgIpc) is 2.87. The van der Waals surface area contributed by atoms with E-state index in [0.717, 1.165) is 11.1 Å². The molecule has 1 unspecified atom stereocenters. The van der Waals surface area contributed by atoms with Crippen molar-refractivity contribution in [1.82, 2.24) is 15.2 Å². The van der Waals surface area contributed by atoms with Crippen LogP contribution in [0.3, 0.4) is 0 Å². The molecular formula is C28H27FN4O4. The Morgan fingerprint density at radius 3 is 2.51 bits per heavy atom. The Labute approximate surface area is 213 Å². The summed E-state index contributed by atoms with van der Waals surface area (Å²) in [5.74, 6) is -1.47. The van der Waals surface area contributed by atoms with Crippen LogP contribution in [-0.2, 0) is 11.3 Å². The fourth-order valence-corrected chi connectivity index (χ4v) is 4.05. The Bertz CT molecular complexity index is 1410. The van der Waals surface area contributed by atoms with E-state index in [1.807, 2.05) is 31.2 Å². The smallest absolute Gasteiger partial charge is 0.323 e. The first-order chi connectivity index (χ1) is 17.8. The molecule has 0 saturated heterocycles. The van der Waals surface area contributed by atoms with E-state index in [2.05, 4.69) is 16.0 Å². The van der Waals surface area contributed by atoms with E-state index in [1.54, 1.807) is 47.3 Å². The van der Waals surface area contributed by atoms with E-state index < -0.39 is 17.8 Å². The molecule has 0 spiro atoms. The van der Waals surface area contributed by atoms with E-state index in [0.29, 0.717) is 17.8 Å². The summed E-state index contributed by atoms with van der Waals surface area (Å²) >= 11 is 0. The van der Waals surface area contributed by atoms with Crippen LogP contribution in [0.4, 0.5) is 14.9 Å². The van der Waals surface area contributed by atoms with Crippen molar-refractivity contribution in [2.75, 3.05) is 5.32 Å². The van der Waals surface area contributed by atoms with Crippen LogP contribution in [0.5, 0.6) is 0 Å². The third-order valence-electron chi connectivity index (χ3n) is 6.03. The molecule has 4 N–H and O–H groups in total. The molecule has 0 radical (unpaired) electrons. The van der Waals surface area contributed by atoms with Gasteiger partial charge in [0.2, 0.25) is 0 Å². The second-order valence-corrected chi connectivity index (χ2v) is 8.80. The largest absolute Gasteiger partial charge is 0.481 e. The highest BCUT2D eigenvalue weighted by Gasteiger charge is 2.17. The SMILES string of the molecule is C[C@H](CC(=O)O)c1ccc(Cn2cccc(C3C=CC(NC(=O)Nc4ccccc4F)=CN3)c2=O)cc1. The van der Waals surface area contributed by atoms with Gasteiger partial charge in [-0.15, -0.1) is 0 Å². The molecule has 0 saturated carbocycles. The lowest BCUT2D eigenvalue weighted by molar-refractivity contribution is -0.137. The summed E-state index contributed by atoms with van der Waals surface area (Å²) in [5, 5.41) is 17.2. The predicted octanol–water partition coefficient (Wildman–Crippen LogP) is 4.48. The number of allylic oxidation sites excluding steroid dienone is 1. The molecule has 4 rings (SSSR count). The number of benzene rings is 2. The third kappa shape index (κ3) is 6.52. The number of carboxylic acid groups (broad SMARTS) is 1. The highest BCUT2D eigenvalue weighted by molar-refractivity contribution is 5.90. The molecule has 2 amide bonds. The Morgan fingerprint density at radius 1 is 1.08 bits per heavy atom. The lowest BCUT2D eigenvalue weighted by atomic mass is 9.97. The summed E-state index contributed by atoms with van der Waals surface area (Å²) in [4.78, 5) is 36.3. The number of rotatable bonds is 8. The molecule has 1 aromatic heterocycles. The third-order valence-corrected chi connectivity index (χ3v) is 6.03. The zero-order chi connectivity index (χ0) is 26.4. The van der Waals surface area contributed by atoms with Gasteiger partial charge in [-0.05, 0) is 47.4 Å². The van der Waals surface area contributed by atoms with Crippen LogP contribution >= 0.6 is 0 Å². The molecule has 8 nitrogen and oxygen atoms in total. The van der Waals surface area contributed by atoms with Crippen molar-refractivity contribution in [1.29, 1.82) is 0 Å². The minimum atomic E-state index is -0.839. The molecular weight excluding hydrogens is 475 g/mol. The van der Waals surface area contributed by atoms with Crippen LogP contribution in [-0.4, -0.2) is 21.7 Å². The highest BCUT2D eigenvalue weighted by Crippen LogP contribution is 2.20. The monoisotopic (exact) mass is 502 g/mol. The van der Waals surface area contributed by atoms with E-state index >= 15 is 0 Å². The second kappa shape index (κ2) is 11.4. The molecule has 2 aromatic carbocycles. The number of hydrogen-bond donors (Lipinski definition) is 4. The van der Waals surface area contributed by atoms with E-state index in [9.17, 15) is 18.8 Å². The lowest BCUT2D eigenvalue weighted by Crippen LogP contribution is -2.33. The lowest BCUT2D eigenvalue weighted by Gasteiger charge is -2.20. The van der Waals surface area contributed by atoms with Gasteiger partial charge in [0.15, 0.2) is 0 Å². The maximum absolute atomic E-state index is 13.7. The summed E-state index contributed by atoms with van der Waals surface area (Å²) in [7, 11) is 0. The molecule has 9 heteroatoms. The van der Waals surface area contributed by atoms with Gasteiger partial charge in [0.05, 0.1) is 30.4 Å². The van der Waals surface area contributed by atoms with Crippen molar-refractivity contribution in [3.8, 4) is 0 Å². The van der Waals surface area contributed by atoms with Crippen molar-refractivity contribution < 1.29 is 19.1 Å². The van der Waals surface area contributed by atoms with Crippen LogP contribution in [0.25, 0.3) is 0 Å². The van der Waals surface area contributed by atoms with Crippen molar-refractivity contribution in [2.24, 2.45) is 0 Å². The first-order valence-electron chi connectivity index (χ1n) is 11.8. The number of para-hydroxylation sites is 1. The molecule has 1 aliphatic rings. The predicted molar refractivity (Wildman–Crippen MR) is 139 cm³/mol. The zero-order valence-corrected chi connectivity index (χ0v) is 20.1. The number of aromatic nitrogens is 1. The summed E-state index contributed by atoms with van der Waals surface area (Å²) in [6.45, 7) is 2.24. The minimum Gasteiger partial charge on any atom is -0.481 e. The van der Waals surface area contributed by atoms with Gasteiger partial charge in [-0.2, -0.15) is 0 Å². The normalized spacial score (nSPS) is 15.3. The molecule has 0 fully saturated rings. The van der Waals surface area contributed by atoms with Crippen LogP contribution in [0.1, 0.15) is 42.0 Å². The number of carboxylic acids is 1. The zero-order valence-electron chi connectivity index (χ0n) is 20.1. The Kier molecular flexibility index (Phi) is 7.83. The number of carbonyl (C=O) groups is 2. The number of carbonyl (C=O) groups excluding carboxylic acids is 1. The number of amides is 2. The number of aliphatic carboxylic acids is 1. The maximum atomic E-state index is 13.7. The van der Waals surface area contributed by atoms with Crippen LogP contribution < -0.4 is 21.5 Å². The van der Waals surface area contributed by atoms with Crippen LogP contribution in [0.15, 0.2) is 95.7 Å². The quantitative estimate of drug-likeness (QED) is 0.363. The average molecular weight is 503 g/mol. The van der Waals surface area contributed by atoms with Gasteiger partial charge in [-0.1, -0.05) is 49.4 Å². The van der Waals surface area contributed by atoms with Gasteiger partial charge in [-0.3, -0.25) is 9.59 Å². The van der Waals surface area contributed by atoms with Crippen LogP contribution in [0.2, 0.25) is 0 Å². The fraction of sp³-hybridized carbons (Fsp3) is 0.179. The van der Waals surface area contributed by atoms with Gasteiger partial charge in [0.1, 0.15) is 5.82 Å². The van der Waals surface area contributed by atoms with Gasteiger partial charge >= 0.3 is 12.0 Å². The Balaban J connectivity index is 1.38. The number of hydrogen-bond acceptors (Lipinski definition) is 4. The molecule has 3 aromatic rings. The first kappa shape index (κ1) is 25.4. The Hall–Kier alpha value is -4.66. The topological polar surface area (TPSA) is 112 Å². The first-order valence-corrected chi connectivity index (χ1v) is 11.8. The van der Waals surface area contributed by atoms with E-state index in [-0.39, 0.29) is 29.6 Å². The molecule has 190 valence electrons. The van der Waals surface area contributed by atoms with E-state index in [4.69, 9.17) is 5.11 Å². The van der Waals surface area contributed by atoms with Crippen molar-refractivity contribution in [2.45, 2.75) is 31.8 Å². The molecule has 37 heavy (non-hydrogen) atoms. The van der Waals surface area contributed by atoms with Gasteiger partial charge < -0.3 is 25.6 Å². The molecule has 2 atom stereocenters. The number of nitrogens with one attached hydrogen (secondary N) is 3. The summed E-state index contributed by atoms with van der Waals surface area (Å²) in [5.41, 5.74) is 2.76. The summed E-state index contributed by atoms with van der Waals surface area (Å²) in [6, 6.07) is 16.0. The summed E-state index contributed by atoms with van der Waals surface area (Å²) < 4.78 is 15.3.